The minimum atomic E-state index is -4.06. The van der Waals surface area contributed by atoms with Gasteiger partial charge in [0.25, 0.3) is 0 Å². The zero-order valence-corrected chi connectivity index (χ0v) is 24.5. The molecule has 4 unspecified atom stereocenters. The lowest BCUT2D eigenvalue weighted by Gasteiger charge is -2.29. The summed E-state index contributed by atoms with van der Waals surface area (Å²) in [6.07, 6.45) is 0.304. The third kappa shape index (κ3) is 6.06. The molecule has 1 aliphatic rings. The van der Waals surface area contributed by atoms with Crippen molar-refractivity contribution in [3.63, 3.8) is 0 Å². The molecule has 10 heteroatoms. The molecule has 0 spiro atoms. The summed E-state index contributed by atoms with van der Waals surface area (Å²) in [4.78, 5) is 29.1. The molecular formula is C32H30F2N2O4S2. The SMILES string of the molecule is CCCS(=O)(=O)N1C(C(=O)NCc2ccc(F)cc2)C(c2ccc(F)cc2)C(C(=O)c2ccccc2)C1c1cccs1. The van der Waals surface area contributed by atoms with Crippen molar-refractivity contribution in [2.75, 3.05) is 5.75 Å². The van der Waals surface area contributed by atoms with Crippen molar-refractivity contribution in [2.45, 2.75) is 37.9 Å². The maximum Gasteiger partial charge on any atom is 0.239 e. The lowest BCUT2D eigenvalue weighted by Crippen LogP contribution is -2.49. The topological polar surface area (TPSA) is 83.6 Å². The van der Waals surface area contributed by atoms with Crippen molar-refractivity contribution in [2.24, 2.45) is 5.92 Å². The first-order chi connectivity index (χ1) is 20.2. The maximum absolute atomic E-state index is 14.4. The molecule has 1 saturated heterocycles. The van der Waals surface area contributed by atoms with Gasteiger partial charge in [0.05, 0.1) is 17.7 Å². The van der Waals surface area contributed by atoms with E-state index in [0.717, 1.165) is 0 Å². The molecule has 1 aromatic heterocycles. The van der Waals surface area contributed by atoms with Crippen LogP contribution in [0.3, 0.4) is 0 Å². The van der Waals surface area contributed by atoms with Crippen LogP contribution in [0.25, 0.3) is 0 Å². The minimum absolute atomic E-state index is 0.0222. The Hall–Kier alpha value is -3.73. The standard InChI is InChI=1S/C32H30F2N2O4S2/c1-2-19-42(39,40)36-29(26-9-6-18-41-26)28(31(37)23-7-4-3-5-8-23)27(22-12-16-25(34)17-13-22)30(36)32(38)35-20-21-10-14-24(33)15-11-21/h3-18,27-30H,2,19-20H2,1H3,(H,35,38). The van der Waals surface area contributed by atoms with E-state index in [9.17, 15) is 26.8 Å². The number of amides is 1. The van der Waals surface area contributed by atoms with Gasteiger partial charge in [-0.1, -0.05) is 67.6 Å². The lowest BCUT2D eigenvalue weighted by molar-refractivity contribution is -0.125. The number of carbonyl (C=O) groups excluding carboxylic acids is 2. The first-order valence-electron chi connectivity index (χ1n) is 13.6. The van der Waals surface area contributed by atoms with Crippen molar-refractivity contribution in [1.82, 2.24) is 9.62 Å². The van der Waals surface area contributed by atoms with Crippen molar-refractivity contribution >= 4 is 33.1 Å². The van der Waals surface area contributed by atoms with Crippen molar-refractivity contribution in [1.29, 1.82) is 0 Å². The number of rotatable bonds is 10. The average Bonchev–Trinajstić information content (AvgIpc) is 3.64. The molecule has 42 heavy (non-hydrogen) atoms. The summed E-state index contributed by atoms with van der Waals surface area (Å²) in [7, 11) is -4.06. The molecule has 0 aliphatic carbocycles. The Bertz CT molecular complexity index is 1630. The van der Waals surface area contributed by atoms with Crippen LogP contribution in [0.15, 0.2) is 96.4 Å². The summed E-state index contributed by atoms with van der Waals surface area (Å²) in [5.74, 6) is -3.96. The predicted molar refractivity (Wildman–Crippen MR) is 158 cm³/mol. The number of carbonyl (C=O) groups is 2. The first kappa shape index (κ1) is 29.8. The highest BCUT2D eigenvalue weighted by molar-refractivity contribution is 7.89. The quantitative estimate of drug-likeness (QED) is 0.221. The number of hydrogen-bond acceptors (Lipinski definition) is 5. The zero-order valence-electron chi connectivity index (χ0n) is 22.8. The number of hydrogen-bond donors (Lipinski definition) is 1. The van der Waals surface area contributed by atoms with E-state index < -0.39 is 51.5 Å². The van der Waals surface area contributed by atoms with Crippen LogP contribution in [0.2, 0.25) is 0 Å². The molecular weight excluding hydrogens is 578 g/mol. The predicted octanol–water partition coefficient (Wildman–Crippen LogP) is 6.09. The van der Waals surface area contributed by atoms with Crippen LogP contribution in [-0.2, 0) is 21.4 Å². The first-order valence-corrected chi connectivity index (χ1v) is 16.1. The fraction of sp³-hybridized carbons (Fsp3) is 0.250. The van der Waals surface area contributed by atoms with Crippen LogP contribution in [0.4, 0.5) is 8.78 Å². The summed E-state index contributed by atoms with van der Waals surface area (Å²) in [5.41, 5.74) is 1.48. The Kier molecular flexibility index (Phi) is 8.96. The largest absolute Gasteiger partial charge is 0.351 e. The van der Waals surface area contributed by atoms with Crippen LogP contribution in [0.1, 0.15) is 51.7 Å². The van der Waals surface area contributed by atoms with E-state index in [1.54, 1.807) is 54.8 Å². The van der Waals surface area contributed by atoms with Gasteiger partial charge in [-0.25, -0.2) is 17.2 Å². The fourth-order valence-electron chi connectivity index (χ4n) is 5.70. The molecule has 1 aliphatic heterocycles. The highest BCUT2D eigenvalue weighted by Gasteiger charge is 2.59. The van der Waals surface area contributed by atoms with E-state index in [1.807, 2.05) is 0 Å². The molecule has 1 N–H and O–H groups in total. The average molecular weight is 609 g/mol. The van der Waals surface area contributed by atoms with Crippen LogP contribution in [0.5, 0.6) is 0 Å². The second-order valence-corrected chi connectivity index (χ2v) is 13.2. The summed E-state index contributed by atoms with van der Waals surface area (Å²) < 4.78 is 56.8. The van der Waals surface area contributed by atoms with Crippen LogP contribution in [-0.4, -0.2) is 36.2 Å². The van der Waals surface area contributed by atoms with Gasteiger partial charge in [0.15, 0.2) is 5.78 Å². The van der Waals surface area contributed by atoms with E-state index >= 15 is 0 Å². The Morgan fingerprint density at radius 2 is 1.52 bits per heavy atom. The third-order valence-electron chi connectivity index (χ3n) is 7.50. The normalized spacial score (nSPS) is 20.8. The van der Waals surface area contributed by atoms with Crippen molar-refractivity contribution < 1.29 is 26.8 Å². The molecule has 0 bridgehead atoms. The summed E-state index contributed by atoms with van der Waals surface area (Å²) in [6.45, 7) is 1.76. The summed E-state index contributed by atoms with van der Waals surface area (Å²) in [6, 6.07) is 21.0. The van der Waals surface area contributed by atoms with Gasteiger partial charge in [-0.05, 0) is 53.3 Å². The molecule has 0 saturated carbocycles. The Morgan fingerprint density at radius 1 is 0.881 bits per heavy atom. The van der Waals surface area contributed by atoms with Gasteiger partial charge in [-0.3, -0.25) is 9.59 Å². The number of ketones is 1. The van der Waals surface area contributed by atoms with Gasteiger partial charge in [0, 0.05) is 22.9 Å². The zero-order chi connectivity index (χ0) is 29.9. The van der Waals surface area contributed by atoms with E-state index in [2.05, 4.69) is 5.32 Å². The van der Waals surface area contributed by atoms with Gasteiger partial charge < -0.3 is 5.32 Å². The van der Waals surface area contributed by atoms with Gasteiger partial charge in [-0.15, -0.1) is 11.3 Å². The Morgan fingerprint density at radius 3 is 2.12 bits per heavy atom. The van der Waals surface area contributed by atoms with E-state index in [-0.39, 0.29) is 18.1 Å². The van der Waals surface area contributed by atoms with Crippen LogP contribution in [0, 0.1) is 17.6 Å². The molecule has 1 amide bonds. The number of thiophene rings is 1. The molecule has 4 atom stereocenters. The second-order valence-electron chi connectivity index (χ2n) is 10.2. The molecule has 6 nitrogen and oxygen atoms in total. The number of benzene rings is 3. The number of Topliss-reactive ketones (excluding diaryl/α,β-unsaturated/α-hetero) is 1. The van der Waals surface area contributed by atoms with Gasteiger partial charge in [0.2, 0.25) is 15.9 Å². The monoisotopic (exact) mass is 608 g/mol. The van der Waals surface area contributed by atoms with E-state index in [0.29, 0.717) is 28.0 Å². The smallest absolute Gasteiger partial charge is 0.239 e. The van der Waals surface area contributed by atoms with Gasteiger partial charge in [-0.2, -0.15) is 4.31 Å². The number of halogens is 2. The molecule has 0 radical (unpaired) electrons. The second kappa shape index (κ2) is 12.6. The third-order valence-corrected chi connectivity index (χ3v) is 10.5. The summed E-state index contributed by atoms with van der Waals surface area (Å²) in [5, 5.41) is 4.64. The van der Waals surface area contributed by atoms with Gasteiger partial charge in [0.1, 0.15) is 17.7 Å². The highest BCUT2D eigenvalue weighted by atomic mass is 32.2. The Labute approximate surface area is 248 Å². The maximum atomic E-state index is 14.4. The lowest BCUT2D eigenvalue weighted by atomic mass is 9.77. The highest BCUT2D eigenvalue weighted by Crippen LogP contribution is 2.53. The summed E-state index contributed by atoms with van der Waals surface area (Å²) >= 11 is 1.31. The van der Waals surface area contributed by atoms with E-state index in [4.69, 9.17) is 0 Å². The molecule has 2 heterocycles. The van der Waals surface area contributed by atoms with Crippen molar-refractivity contribution in [3.05, 3.63) is 130 Å². The molecule has 1 fully saturated rings. The Balaban J connectivity index is 1.69. The van der Waals surface area contributed by atoms with Gasteiger partial charge >= 0.3 is 0 Å². The molecule has 3 aromatic carbocycles. The minimum Gasteiger partial charge on any atom is -0.351 e. The number of nitrogens with zero attached hydrogens (tertiary/aromatic N) is 1. The fourth-order valence-corrected chi connectivity index (χ4v) is 8.53. The van der Waals surface area contributed by atoms with E-state index in [1.165, 1.54) is 64.2 Å². The molecule has 218 valence electrons. The number of sulfonamides is 1. The van der Waals surface area contributed by atoms with Crippen LogP contribution >= 0.6 is 11.3 Å². The number of nitrogens with one attached hydrogen (secondary N) is 1. The van der Waals surface area contributed by atoms with Crippen molar-refractivity contribution in [3.8, 4) is 0 Å². The molecule has 5 rings (SSSR count). The van der Waals surface area contributed by atoms with Crippen LogP contribution < -0.4 is 5.32 Å². The molecule has 4 aromatic rings.